The molecule has 1 amide bonds. The van der Waals surface area contributed by atoms with Gasteiger partial charge < -0.3 is 35.6 Å². The molecule has 0 aliphatic heterocycles. The molecule has 0 saturated heterocycles. The van der Waals surface area contributed by atoms with Crippen molar-refractivity contribution < 1.29 is 44.7 Å². The zero-order chi connectivity index (χ0) is 21.5. The highest BCUT2D eigenvalue weighted by Gasteiger charge is 2.40. The molecule has 0 radical (unpaired) electrons. The van der Waals surface area contributed by atoms with Gasteiger partial charge in [-0.2, -0.15) is 0 Å². The van der Waals surface area contributed by atoms with E-state index in [-0.39, 0.29) is 29.8 Å². The molecule has 1 atom stereocenters. The Hall–Kier alpha value is -2.76. The number of carboxylic acid groups (broad SMARTS) is 1. The Morgan fingerprint density at radius 3 is 2.43 bits per heavy atom. The molecule has 0 bridgehead atoms. The Balaban J connectivity index is 2.52. The fraction of sp³-hybridized carbons (Fsp3) is 0.529. The molecular weight excluding hydrogens is 376 g/mol. The third kappa shape index (κ3) is 5.62. The van der Waals surface area contributed by atoms with Crippen molar-refractivity contribution in [2.75, 3.05) is 6.54 Å². The van der Waals surface area contributed by atoms with Crippen LogP contribution in [0.2, 0.25) is 0 Å². The van der Waals surface area contributed by atoms with Crippen molar-refractivity contribution in [2.24, 2.45) is 5.41 Å². The lowest BCUT2D eigenvalue weighted by atomic mass is 9.86. The van der Waals surface area contributed by atoms with Crippen molar-refractivity contribution in [1.29, 1.82) is 0 Å². The number of rotatable bonds is 10. The number of amides is 1. The summed E-state index contributed by atoms with van der Waals surface area (Å²) >= 11 is 0. The van der Waals surface area contributed by atoms with Gasteiger partial charge in [0.25, 0.3) is 0 Å². The highest BCUT2D eigenvalue weighted by atomic mass is 16.5. The summed E-state index contributed by atoms with van der Waals surface area (Å²) in [5.41, 5.74) is -1.40. The van der Waals surface area contributed by atoms with Gasteiger partial charge in [-0.25, -0.2) is 0 Å². The van der Waals surface area contributed by atoms with Crippen molar-refractivity contribution in [3.63, 3.8) is 0 Å². The van der Waals surface area contributed by atoms with Crippen LogP contribution in [0.15, 0.2) is 6.20 Å². The van der Waals surface area contributed by atoms with Gasteiger partial charge in [-0.3, -0.25) is 19.4 Å². The van der Waals surface area contributed by atoms with Crippen molar-refractivity contribution in [1.82, 2.24) is 10.3 Å². The van der Waals surface area contributed by atoms with Crippen LogP contribution in [0, 0.1) is 5.41 Å². The molecule has 156 valence electrons. The highest BCUT2D eigenvalue weighted by molar-refractivity contribution is 5.88. The molecule has 28 heavy (non-hydrogen) atoms. The third-order valence-electron chi connectivity index (χ3n) is 4.13. The molecule has 0 saturated carbocycles. The zero-order valence-electron chi connectivity index (χ0n) is 15.5. The molecule has 11 nitrogen and oxygen atoms in total. The van der Waals surface area contributed by atoms with Crippen LogP contribution >= 0.6 is 0 Å². The van der Waals surface area contributed by atoms with E-state index in [9.17, 15) is 29.7 Å². The molecule has 6 N–H and O–H groups in total. The van der Waals surface area contributed by atoms with Crippen LogP contribution in [0.5, 0.6) is 5.75 Å². The van der Waals surface area contributed by atoms with E-state index in [0.717, 1.165) is 0 Å². The second-order valence-electron chi connectivity index (χ2n) is 6.50. The molecule has 0 aliphatic rings. The molecule has 1 rings (SSSR count). The first kappa shape index (κ1) is 23.3. The normalized spacial score (nSPS) is 12.3. The van der Waals surface area contributed by atoms with Gasteiger partial charge in [-0.05, 0) is 13.8 Å². The molecule has 11 heteroatoms. The number of aromatic nitrogens is 1. The maximum atomic E-state index is 11.8. The minimum Gasteiger partial charge on any atom is -0.506 e. The molecule has 0 spiro atoms. The number of carbonyl (C=O) groups is 3. The van der Waals surface area contributed by atoms with Crippen molar-refractivity contribution in [3.05, 3.63) is 23.0 Å². The van der Waals surface area contributed by atoms with Crippen molar-refractivity contribution in [2.45, 2.75) is 46.2 Å². The Kier molecular flexibility index (Phi) is 8.29. The Morgan fingerprint density at radius 2 is 1.89 bits per heavy atom. The highest BCUT2D eigenvalue weighted by Crippen LogP contribution is 2.25. The number of pyridine rings is 1. The van der Waals surface area contributed by atoms with Crippen LogP contribution < -0.4 is 5.32 Å². The number of aliphatic hydroxyl groups is 3. The lowest BCUT2D eigenvalue weighted by Gasteiger charge is -2.24. The number of hydrogen-bond acceptors (Lipinski definition) is 9. The standard InChI is InChI=1S/C17H24N2O9/c1-17(2,16(26)27)14(24)15(25)18-4-3-12(22)28-8-11-13(23)10(7-21)9(6-20)5-19-11/h5,14,20-21,23-24H,3-4,6-8H2,1-2H3,(H,18,25)(H,26,27)/t14-/m0/s1. The summed E-state index contributed by atoms with van der Waals surface area (Å²) in [6.45, 7) is 0.820. The predicted octanol–water partition coefficient (Wildman–Crippen LogP) is -1.21. The second kappa shape index (κ2) is 9.97. The van der Waals surface area contributed by atoms with E-state index >= 15 is 0 Å². The van der Waals surface area contributed by atoms with Crippen molar-refractivity contribution in [3.8, 4) is 5.75 Å². The topological polar surface area (TPSA) is 187 Å². The van der Waals surface area contributed by atoms with E-state index in [1.807, 2.05) is 0 Å². The van der Waals surface area contributed by atoms with Gasteiger partial charge in [-0.1, -0.05) is 0 Å². The maximum absolute atomic E-state index is 11.8. The van der Waals surface area contributed by atoms with E-state index < -0.39 is 54.9 Å². The van der Waals surface area contributed by atoms with Crippen LogP contribution in [0.1, 0.15) is 37.1 Å². The summed E-state index contributed by atoms with van der Waals surface area (Å²) in [6.07, 6.45) is -0.835. The van der Waals surface area contributed by atoms with Crippen molar-refractivity contribution >= 4 is 17.8 Å². The van der Waals surface area contributed by atoms with E-state index in [2.05, 4.69) is 10.3 Å². The number of aliphatic hydroxyl groups excluding tert-OH is 3. The number of carbonyl (C=O) groups excluding carboxylic acids is 2. The number of ether oxygens (including phenoxy) is 1. The number of aromatic hydroxyl groups is 1. The number of hydrogen-bond donors (Lipinski definition) is 6. The van der Waals surface area contributed by atoms with Gasteiger partial charge >= 0.3 is 11.9 Å². The smallest absolute Gasteiger partial charge is 0.312 e. The molecule has 0 fully saturated rings. The first-order valence-corrected chi connectivity index (χ1v) is 8.31. The minimum atomic E-state index is -1.80. The Bertz CT molecular complexity index is 734. The van der Waals surface area contributed by atoms with Gasteiger partial charge in [0.05, 0.1) is 25.0 Å². The number of aliphatic carboxylic acids is 1. The number of esters is 1. The first-order valence-electron chi connectivity index (χ1n) is 8.31. The quantitative estimate of drug-likeness (QED) is 0.260. The van der Waals surface area contributed by atoms with Crippen LogP contribution in [-0.2, 0) is 38.9 Å². The molecule has 1 aromatic heterocycles. The fourth-order valence-electron chi connectivity index (χ4n) is 2.09. The molecule has 0 aromatic carbocycles. The molecule has 1 heterocycles. The fourth-order valence-corrected chi connectivity index (χ4v) is 2.09. The molecule has 0 aliphatic carbocycles. The lowest BCUT2D eigenvalue weighted by molar-refractivity contribution is -0.159. The SMILES string of the molecule is CC(C)(C(=O)O)[C@@H](O)C(=O)NCCC(=O)OCc1ncc(CO)c(CO)c1O. The van der Waals surface area contributed by atoms with Gasteiger partial charge in [0.1, 0.15) is 24.2 Å². The summed E-state index contributed by atoms with van der Waals surface area (Å²) in [4.78, 5) is 38.4. The lowest BCUT2D eigenvalue weighted by Crippen LogP contribution is -2.48. The number of nitrogens with zero attached hydrogens (tertiary/aromatic N) is 1. The van der Waals surface area contributed by atoms with E-state index in [1.165, 1.54) is 20.0 Å². The summed E-state index contributed by atoms with van der Waals surface area (Å²) in [5, 5.41) is 49.3. The molecule has 1 aromatic rings. The van der Waals surface area contributed by atoms with E-state index in [4.69, 9.17) is 14.9 Å². The van der Waals surface area contributed by atoms with Gasteiger partial charge in [0.2, 0.25) is 5.91 Å². The summed E-state index contributed by atoms with van der Waals surface area (Å²) in [6, 6.07) is 0. The average Bonchev–Trinajstić information content (AvgIpc) is 2.65. The minimum absolute atomic E-state index is 0.0164. The van der Waals surface area contributed by atoms with Gasteiger partial charge in [-0.15, -0.1) is 0 Å². The first-order chi connectivity index (χ1) is 13.1. The molecular formula is C17H24N2O9. The van der Waals surface area contributed by atoms with Gasteiger partial charge in [0, 0.05) is 23.9 Å². The Labute approximate surface area is 160 Å². The number of nitrogens with one attached hydrogen (secondary N) is 1. The Morgan fingerprint density at radius 1 is 1.25 bits per heavy atom. The average molecular weight is 400 g/mol. The molecule has 0 unspecified atom stereocenters. The van der Waals surface area contributed by atoms with Gasteiger partial charge in [0.15, 0.2) is 0 Å². The summed E-state index contributed by atoms with van der Waals surface area (Å²) in [5.74, 6) is -3.43. The summed E-state index contributed by atoms with van der Waals surface area (Å²) in [7, 11) is 0. The van der Waals surface area contributed by atoms with E-state index in [1.54, 1.807) is 0 Å². The third-order valence-corrected chi connectivity index (χ3v) is 4.13. The van der Waals surface area contributed by atoms with Crippen LogP contribution in [0.4, 0.5) is 0 Å². The summed E-state index contributed by atoms with van der Waals surface area (Å²) < 4.78 is 4.92. The van der Waals surface area contributed by atoms with E-state index in [0.29, 0.717) is 0 Å². The second-order valence-corrected chi connectivity index (χ2v) is 6.50. The monoisotopic (exact) mass is 400 g/mol. The van der Waals surface area contributed by atoms with Crippen LogP contribution in [0.25, 0.3) is 0 Å². The predicted molar refractivity (Wildman–Crippen MR) is 92.6 cm³/mol. The van der Waals surface area contributed by atoms with Crippen LogP contribution in [0.3, 0.4) is 0 Å². The number of carboxylic acids is 1. The largest absolute Gasteiger partial charge is 0.506 e. The maximum Gasteiger partial charge on any atom is 0.312 e. The van der Waals surface area contributed by atoms with Crippen LogP contribution in [-0.4, -0.2) is 61.0 Å². The zero-order valence-corrected chi connectivity index (χ0v) is 15.5.